The van der Waals surface area contributed by atoms with Crippen LogP contribution in [0.4, 0.5) is 19.3 Å². The van der Waals surface area contributed by atoms with Gasteiger partial charge in [-0.15, -0.1) is 0 Å². The van der Waals surface area contributed by atoms with Crippen LogP contribution in [0.15, 0.2) is 48.6 Å². The predicted molar refractivity (Wildman–Crippen MR) is 146 cm³/mol. The largest absolute Gasteiger partial charge is 0.460 e. The number of aryl methyl sites for hydroxylation is 1. The van der Waals surface area contributed by atoms with Gasteiger partial charge >= 0.3 is 18.6 Å². The maximum atomic E-state index is 14.0. The van der Waals surface area contributed by atoms with Gasteiger partial charge in [0.05, 0.1) is 12.0 Å². The smallest absolute Gasteiger partial charge is 0.388 e. The van der Waals surface area contributed by atoms with E-state index in [0.717, 1.165) is 11.1 Å². The number of amides is 3. The lowest BCUT2D eigenvalue weighted by Crippen LogP contribution is -2.53. The number of hydrogen-bond acceptors (Lipinski definition) is 6. The van der Waals surface area contributed by atoms with Crippen LogP contribution in [-0.4, -0.2) is 60.6 Å². The monoisotopic (exact) mass is 558 g/mol. The fourth-order valence-electron chi connectivity index (χ4n) is 4.73. The molecule has 1 aromatic heterocycles. The first-order valence-electron chi connectivity index (χ1n) is 13.1. The Balaban J connectivity index is 1.83. The summed E-state index contributed by atoms with van der Waals surface area (Å²) in [6, 6.07) is 10.4. The highest BCUT2D eigenvalue weighted by atomic mass is 19.3. The first-order valence-corrected chi connectivity index (χ1v) is 13.1. The van der Waals surface area contributed by atoms with Crippen LogP contribution in [0.5, 0.6) is 5.88 Å². The number of rotatable bonds is 10. The average molecular weight is 559 g/mol. The van der Waals surface area contributed by atoms with E-state index in [-0.39, 0.29) is 55.3 Å². The number of ether oxygens (including phenoxy) is 2. The highest BCUT2D eigenvalue weighted by Gasteiger charge is 2.45. The van der Waals surface area contributed by atoms with Gasteiger partial charge < -0.3 is 25.0 Å². The molecule has 0 unspecified atom stereocenters. The quantitative estimate of drug-likeness (QED) is 0.244. The average Bonchev–Trinajstić information content (AvgIpc) is 2.91. The van der Waals surface area contributed by atoms with E-state index >= 15 is 0 Å². The maximum Gasteiger partial charge on any atom is 0.388 e. The van der Waals surface area contributed by atoms with E-state index in [1.807, 2.05) is 38.1 Å². The van der Waals surface area contributed by atoms with E-state index in [1.54, 1.807) is 17.9 Å². The number of aromatic nitrogens is 1. The summed E-state index contributed by atoms with van der Waals surface area (Å²) in [7, 11) is 0. The molecule has 0 atom stereocenters. The minimum absolute atomic E-state index is 0.00693. The molecule has 1 aliphatic rings. The first kappa shape index (κ1) is 30.5. The van der Waals surface area contributed by atoms with Crippen molar-refractivity contribution in [2.45, 2.75) is 58.5 Å². The molecule has 0 spiro atoms. The third-order valence-electron chi connectivity index (χ3n) is 6.85. The second-order valence-corrected chi connectivity index (χ2v) is 10.1. The molecular formula is C29H36F2N4O5. The Morgan fingerprint density at radius 3 is 2.42 bits per heavy atom. The number of benzene rings is 1. The molecule has 0 saturated carbocycles. The molecule has 1 saturated heterocycles. The molecular weight excluding hydrogens is 522 g/mol. The molecule has 216 valence electrons. The van der Waals surface area contributed by atoms with Gasteiger partial charge in [0.1, 0.15) is 12.3 Å². The number of alkyl halides is 2. The fraction of sp³-hybridized carbons (Fsp3) is 0.448. The normalized spacial score (nSPS) is 14.6. The van der Waals surface area contributed by atoms with E-state index in [0.29, 0.717) is 18.5 Å². The van der Waals surface area contributed by atoms with Gasteiger partial charge in [0.25, 0.3) is 0 Å². The van der Waals surface area contributed by atoms with Crippen LogP contribution in [-0.2, 0) is 19.7 Å². The van der Waals surface area contributed by atoms with E-state index in [9.17, 15) is 23.2 Å². The van der Waals surface area contributed by atoms with Crippen LogP contribution >= 0.6 is 0 Å². The van der Waals surface area contributed by atoms with E-state index in [4.69, 9.17) is 4.74 Å². The Hall–Kier alpha value is -4.02. The van der Waals surface area contributed by atoms with Gasteiger partial charge in [-0.3, -0.25) is 4.79 Å². The molecule has 3 amide bonds. The summed E-state index contributed by atoms with van der Waals surface area (Å²) >= 11 is 0. The number of carbonyl (C=O) groups excluding carboxylic acids is 3. The molecule has 11 heteroatoms. The van der Waals surface area contributed by atoms with Crippen molar-refractivity contribution < 1.29 is 32.6 Å². The zero-order valence-electron chi connectivity index (χ0n) is 23.3. The lowest BCUT2D eigenvalue weighted by atomic mass is 9.69. The van der Waals surface area contributed by atoms with Crippen molar-refractivity contribution in [3.63, 3.8) is 0 Å². The number of nitrogens with zero attached hydrogens (tertiary/aromatic N) is 2. The molecule has 1 aliphatic heterocycles. The van der Waals surface area contributed by atoms with Gasteiger partial charge in [0.2, 0.25) is 11.8 Å². The van der Waals surface area contributed by atoms with Gasteiger partial charge in [-0.05, 0) is 55.9 Å². The van der Waals surface area contributed by atoms with Crippen molar-refractivity contribution in [1.82, 2.24) is 15.2 Å². The molecule has 1 fully saturated rings. The zero-order chi connectivity index (χ0) is 29.4. The second kappa shape index (κ2) is 13.4. The summed E-state index contributed by atoms with van der Waals surface area (Å²) in [6.07, 6.45) is 0.593. The lowest BCUT2D eigenvalue weighted by Gasteiger charge is -2.42. The number of hydrogen-bond donors (Lipinski definition) is 2. The highest BCUT2D eigenvalue weighted by Crippen LogP contribution is 2.41. The summed E-state index contributed by atoms with van der Waals surface area (Å²) < 4.78 is 35.7. The molecule has 1 aromatic carbocycles. The van der Waals surface area contributed by atoms with Gasteiger partial charge in [0.15, 0.2) is 0 Å². The van der Waals surface area contributed by atoms with Crippen molar-refractivity contribution in [2.75, 3.05) is 31.6 Å². The third-order valence-corrected chi connectivity index (χ3v) is 6.85. The molecule has 0 aliphatic carbocycles. The highest BCUT2D eigenvalue weighted by molar-refractivity contribution is 6.00. The molecule has 2 N–H and O–H groups in total. The first-order chi connectivity index (χ1) is 18.9. The number of carbonyl (C=O) groups is 3. The molecule has 0 radical (unpaired) electrons. The van der Waals surface area contributed by atoms with Crippen molar-refractivity contribution in [3.8, 4) is 5.88 Å². The van der Waals surface area contributed by atoms with Gasteiger partial charge in [-0.25, -0.2) is 14.6 Å². The van der Waals surface area contributed by atoms with E-state index in [1.165, 1.54) is 13.0 Å². The van der Waals surface area contributed by atoms with Gasteiger partial charge in [-0.1, -0.05) is 44.7 Å². The molecule has 2 heterocycles. The zero-order valence-corrected chi connectivity index (χ0v) is 23.3. The van der Waals surface area contributed by atoms with E-state index < -0.39 is 23.9 Å². The van der Waals surface area contributed by atoms with Crippen molar-refractivity contribution in [2.24, 2.45) is 0 Å². The number of urea groups is 1. The Bertz CT molecular complexity index is 1240. The summed E-state index contributed by atoms with van der Waals surface area (Å²) in [4.78, 5) is 44.0. The number of likely N-dealkylation sites (tertiary alicyclic amines) is 1. The Morgan fingerprint density at radius 2 is 1.80 bits per heavy atom. The van der Waals surface area contributed by atoms with Gasteiger partial charge in [-0.2, -0.15) is 8.78 Å². The van der Waals surface area contributed by atoms with Crippen LogP contribution in [0.2, 0.25) is 0 Å². The minimum atomic E-state index is -3.10. The Kier molecular flexibility index (Phi) is 10.2. The number of anilines is 1. The third kappa shape index (κ3) is 7.34. The molecule has 3 rings (SSSR count). The minimum Gasteiger partial charge on any atom is -0.460 e. The van der Waals surface area contributed by atoms with Crippen LogP contribution in [0.1, 0.15) is 56.4 Å². The molecule has 2 aromatic rings. The fourth-order valence-corrected chi connectivity index (χ4v) is 4.73. The number of pyridine rings is 1. The van der Waals surface area contributed by atoms with Crippen LogP contribution in [0, 0.1) is 6.92 Å². The van der Waals surface area contributed by atoms with Crippen molar-refractivity contribution in [1.29, 1.82) is 0 Å². The second-order valence-electron chi connectivity index (χ2n) is 10.1. The summed E-state index contributed by atoms with van der Waals surface area (Å²) in [6.45, 7) is 8.32. The van der Waals surface area contributed by atoms with E-state index in [2.05, 4.69) is 26.9 Å². The van der Waals surface area contributed by atoms with Crippen LogP contribution in [0.3, 0.4) is 0 Å². The SMILES string of the molecule is C=C(C)C(=O)OCCNC(=O)N1CCC(C(=O)Nc2ccc(C)nc2OC(F)F)(c2ccccc2C(C)C)CC1. The summed E-state index contributed by atoms with van der Waals surface area (Å²) in [5.41, 5.74) is 1.55. The summed E-state index contributed by atoms with van der Waals surface area (Å²) in [5, 5.41) is 5.52. The number of nitrogens with one attached hydrogen (secondary N) is 2. The Labute approximate surface area is 232 Å². The lowest BCUT2D eigenvalue weighted by molar-refractivity contribution is -0.138. The van der Waals surface area contributed by atoms with Crippen molar-refractivity contribution in [3.05, 3.63) is 65.4 Å². The number of esters is 1. The predicted octanol–water partition coefficient (Wildman–Crippen LogP) is 4.92. The summed E-state index contributed by atoms with van der Waals surface area (Å²) in [5.74, 6) is -1.17. The number of piperidine rings is 1. The standard InChI is InChI=1S/C29H36F2N4O5/c1-18(2)21-8-6-7-9-22(21)29(26(37)34-23-11-10-20(5)33-24(23)40-27(30)31)12-15-35(16-13-29)28(38)32-14-17-39-25(36)19(3)4/h6-11,18,27H,3,12-17H2,1-2,4-5H3,(H,32,38)(H,34,37). The van der Waals surface area contributed by atoms with Gasteiger partial charge in [0, 0.05) is 24.4 Å². The molecule has 40 heavy (non-hydrogen) atoms. The Morgan fingerprint density at radius 1 is 1.12 bits per heavy atom. The molecule has 9 nitrogen and oxygen atoms in total. The van der Waals surface area contributed by atoms with Crippen LogP contribution in [0.25, 0.3) is 0 Å². The number of halogens is 2. The van der Waals surface area contributed by atoms with Crippen molar-refractivity contribution >= 4 is 23.6 Å². The topological polar surface area (TPSA) is 110 Å². The maximum absolute atomic E-state index is 14.0. The van der Waals surface area contributed by atoms with Crippen LogP contribution < -0.4 is 15.4 Å². The molecule has 0 bridgehead atoms.